The van der Waals surface area contributed by atoms with Crippen LogP contribution in [0.5, 0.6) is 0 Å². The summed E-state index contributed by atoms with van der Waals surface area (Å²) in [6.45, 7) is 18.1. The van der Waals surface area contributed by atoms with Gasteiger partial charge >= 0.3 is 45.2 Å². The molecule has 0 atom stereocenters. The van der Waals surface area contributed by atoms with E-state index in [0.717, 1.165) is 0 Å². The zero-order chi connectivity index (χ0) is 12.8. The number of hydrogen-bond acceptors (Lipinski definition) is 2. The minimum atomic E-state index is 0. The molecule has 0 saturated carbocycles. The number of hydrogen-bond donors (Lipinski definition) is 1. The fourth-order valence-corrected chi connectivity index (χ4v) is 0.151. The van der Waals surface area contributed by atoms with Gasteiger partial charge in [-0.25, -0.2) is 0 Å². The van der Waals surface area contributed by atoms with E-state index in [9.17, 15) is 4.79 Å². The van der Waals surface area contributed by atoms with Crippen LogP contribution in [-0.4, -0.2) is 18.0 Å². The first-order valence-electron chi connectivity index (χ1n) is 2.69. The summed E-state index contributed by atoms with van der Waals surface area (Å²) in [7, 11) is 0. The van der Waals surface area contributed by atoms with E-state index in [0.29, 0.717) is 12.8 Å². The van der Waals surface area contributed by atoms with Gasteiger partial charge in [-0.15, -0.1) is 0 Å². The topological polar surface area (TPSA) is 117 Å². The van der Waals surface area contributed by atoms with Crippen molar-refractivity contribution in [3.8, 4) is 0 Å². The Kier molecular flexibility index (Phi) is 491. The van der Waals surface area contributed by atoms with Crippen molar-refractivity contribution >= 4 is 6.29 Å². The van der Waals surface area contributed by atoms with Gasteiger partial charge < -0.3 is 9.90 Å². The van der Waals surface area contributed by atoms with Gasteiger partial charge in [0.2, 0.25) is 0 Å². The molecule has 7 heteroatoms. The molecule has 0 aliphatic carbocycles. The third kappa shape index (κ3) is 367. The van der Waals surface area contributed by atoms with Gasteiger partial charge in [-0.1, -0.05) is 6.42 Å². The Balaban J connectivity index is -0.0000000194. The van der Waals surface area contributed by atoms with Crippen LogP contribution in [0.2, 0.25) is 0 Å². The molecule has 0 spiro atoms. The molecule has 1 radical (unpaired) electrons. The summed E-state index contributed by atoms with van der Waals surface area (Å²) >= 11 is 0. The number of unbranched alkanes of at least 4 members (excludes halogenated alkanes) is 1. The van der Waals surface area contributed by atoms with Crippen molar-refractivity contribution in [3.63, 3.8) is 0 Å². The molecular formula is C8H7CoO6-. The Hall–Kier alpha value is -0.904. The molecule has 0 saturated heterocycles. The first kappa shape index (κ1) is 36.9. The second-order valence-electron chi connectivity index (χ2n) is 0.971. The van der Waals surface area contributed by atoms with Crippen molar-refractivity contribution in [2.75, 3.05) is 6.61 Å². The first-order valence-corrected chi connectivity index (χ1v) is 2.69. The second kappa shape index (κ2) is 200. The Morgan fingerprint density at radius 2 is 1.20 bits per heavy atom. The SMILES string of the molecule is O=[C-]CCCO.[C-]#[O+].[C-]#[O+].[C-]#[O+].[C-]#[O+].[Co]. The molecule has 0 aliphatic rings. The molecule has 6 nitrogen and oxygen atoms in total. The van der Waals surface area contributed by atoms with Gasteiger partial charge in [-0.3, -0.25) is 6.29 Å². The average molecular weight is 258 g/mol. The third-order valence-corrected chi connectivity index (χ3v) is 0.437. The molecule has 0 amide bonds. The minimum Gasteiger partial charge on any atom is 0 e. The maximum absolute atomic E-state index is 9.33. The molecule has 0 aliphatic heterocycles. The predicted octanol–water partition coefficient (Wildman–Crippen LogP) is -0.284. The maximum Gasteiger partial charge on any atom is 0 e. The van der Waals surface area contributed by atoms with Crippen LogP contribution in [0.15, 0.2) is 0 Å². The summed E-state index contributed by atoms with van der Waals surface area (Å²) in [6.07, 6.45) is 2.56. The molecule has 0 aromatic heterocycles. The normalized spacial score (nSPS) is 3.80. The summed E-state index contributed by atoms with van der Waals surface area (Å²) in [5, 5.41) is 8.02. The van der Waals surface area contributed by atoms with Crippen LogP contribution in [0.4, 0.5) is 0 Å². The number of carbonyl (C=O) groups excluding carboxylic acids is 1. The molecule has 0 heterocycles. The van der Waals surface area contributed by atoms with Crippen molar-refractivity contribution in [1.29, 1.82) is 0 Å². The van der Waals surface area contributed by atoms with E-state index >= 15 is 0 Å². The monoisotopic (exact) mass is 258 g/mol. The molecule has 0 aromatic rings. The zero-order valence-corrected chi connectivity index (χ0v) is 8.48. The first-order chi connectivity index (χ1) is 6.91. The van der Waals surface area contributed by atoms with E-state index in [1.807, 2.05) is 0 Å². The molecule has 0 aromatic carbocycles. The summed E-state index contributed by atoms with van der Waals surface area (Å²) in [4.78, 5) is 9.33. The molecule has 0 bridgehead atoms. The summed E-state index contributed by atoms with van der Waals surface area (Å²) in [5.41, 5.74) is 0. The minimum absolute atomic E-state index is 0. The van der Waals surface area contributed by atoms with Gasteiger partial charge in [0.1, 0.15) is 0 Å². The van der Waals surface area contributed by atoms with E-state index in [-0.39, 0.29) is 23.4 Å². The van der Waals surface area contributed by atoms with Crippen LogP contribution in [0.3, 0.4) is 0 Å². The van der Waals surface area contributed by atoms with Crippen molar-refractivity contribution in [2.45, 2.75) is 12.8 Å². The number of aliphatic hydroxyl groups excluding tert-OH is 1. The molecule has 0 unspecified atom stereocenters. The largest absolute Gasteiger partial charge is 0 e. The van der Waals surface area contributed by atoms with Crippen molar-refractivity contribution in [2.24, 2.45) is 0 Å². The average Bonchev–Trinajstić information content (AvgIpc) is 2.36. The fraction of sp³-hybridized carbons (Fsp3) is 0.375. The van der Waals surface area contributed by atoms with Crippen LogP contribution in [0.25, 0.3) is 0 Å². The van der Waals surface area contributed by atoms with E-state index in [1.165, 1.54) is 0 Å². The summed E-state index contributed by atoms with van der Waals surface area (Å²) < 4.78 is 30.0. The van der Waals surface area contributed by atoms with E-state index < -0.39 is 0 Å². The van der Waals surface area contributed by atoms with Crippen molar-refractivity contribution in [3.05, 3.63) is 26.6 Å². The van der Waals surface area contributed by atoms with Gasteiger partial charge in [0.05, 0.1) is 0 Å². The van der Waals surface area contributed by atoms with Gasteiger partial charge in [0.25, 0.3) is 0 Å². The van der Waals surface area contributed by atoms with Gasteiger partial charge in [0.15, 0.2) is 0 Å². The van der Waals surface area contributed by atoms with Gasteiger partial charge in [-0.05, 0) is 0 Å². The van der Waals surface area contributed by atoms with Crippen LogP contribution in [0.1, 0.15) is 12.8 Å². The quantitative estimate of drug-likeness (QED) is 0.425. The fourth-order valence-electron chi connectivity index (χ4n) is 0.151. The summed E-state index contributed by atoms with van der Waals surface area (Å²) in [6, 6.07) is 0. The molecular weight excluding hydrogens is 251 g/mol. The number of aliphatic hydroxyl groups is 1. The molecule has 85 valence electrons. The van der Waals surface area contributed by atoms with Gasteiger partial charge in [-0.2, -0.15) is 6.42 Å². The zero-order valence-electron chi connectivity index (χ0n) is 7.44. The summed E-state index contributed by atoms with van der Waals surface area (Å²) in [5.74, 6) is 0. The molecule has 1 N–H and O–H groups in total. The van der Waals surface area contributed by atoms with Crippen LogP contribution in [0, 0.1) is 26.6 Å². The van der Waals surface area contributed by atoms with E-state index in [4.69, 9.17) is 23.7 Å². The second-order valence-corrected chi connectivity index (χ2v) is 0.971. The van der Waals surface area contributed by atoms with Crippen molar-refractivity contribution in [1.82, 2.24) is 0 Å². The third-order valence-electron chi connectivity index (χ3n) is 0.437. The van der Waals surface area contributed by atoms with E-state index in [1.54, 1.807) is 6.29 Å². The Morgan fingerprint density at radius 1 is 0.933 bits per heavy atom. The molecule has 15 heavy (non-hydrogen) atoms. The van der Waals surface area contributed by atoms with Gasteiger partial charge in [0, 0.05) is 23.4 Å². The van der Waals surface area contributed by atoms with Crippen molar-refractivity contribution < 1.29 is 45.3 Å². The standard InChI is InChI=1S/C4H7O2.4CO.Co/c5-3-1-2-4-6;4*1-2;/h5H,1-3H2;;;;;/q-1;;;;;. The van der Waals surface area contributed by atoms with Crippen LogP contribution < -0.4 is 0 Å². The smallest absolute Gasteiger partial charge is 0 e. The maximum atomic E-state index is 9.33. The Bertz CT molecular complexity index is 124. The number of rotatable bonds is 3. The van der Waals surface area contributed by atoms with E-state index in [2.05, 4.69) is 26.6 Å². The Labute approximate surface area is 98.1 Å². The van der Waals surface area contributed by atoms with Crippen LogP contribution in [-0.2, 0) is 40.2 Å². The van der Waals surface area contributed by atoms with Crippen LogP contribution >= 0.6 is 0 Å². The predicted molar refractivity (Wildman–Crippen MR) is 37.7 cm³/mol. The molecule has 0 fully saturated rings. The Morgan fingerprint density at radius 3 is 1.27 bits per heavy atom. The molecule has 0 rings (SSSR count).